The van der Waals surface area contributed by atoms with Crippen LogP contribution in [-0.4, -0.2) is 30.7 Å². The van der Waals surface area contributed by atoms with Gasteiger partial charge in [-0.25, -0.2) is 0 Å². The first-order valence-electron chi connectivity index (χ1n) is 5.73. The normalized spacial score (nSPS) is 23.4. The highest BCUT2D eigenvalue weighted by Crippen LogP contribution is 2.34. The van der Waals surface area contributed by atoms with Crippen LogP contribution in [0.25, 0.3) is 0 Å². The summed E-state index contributed by atoms with van der Waals surface area (Å²) in [7, 11) is 1.53. The summed E-state index contributed by atoms with van der Waals surface area (Å²) in [6.45, 7) is 0. The van der Waals surface area contributed by atoms with Gasteiger partial charge in [0.05, 0.1) is 18.8 Å². The molecule has 4 heteroatoms. The third kappa shape index (κ3) is 2.42. The summed E-state index contributed by atoms with van der Waals surface area (Å²) in [4.78, 5) is 11.0. The molecule has 2 unspecified atom stereocenters. The molecule has 0 saturated heterocycles. The number of carbonyl (C=O) groups is 1. The summed E-state index contributed by atoms with van der Waals surface area (Å²) in [6, 6.07) is 5.15. The van der Waals surface area contributed by atoms with Gasteiger partial charge in [-0.15, -0.1) is 0 Å². The third-order valence-electron chi connectivity index (χ3n) is 3.04. The topological polar surface area (TPSA) is 55.8 Å². The first-order chi connectivity index (χ1) is 8.26. The van der Waals surface area contributed by atoms with E-state index in [-0.39, 0.29) is 6.10 Å². The highest BCUT2D eigenvalue weighted by molar-refractivity contribution is 5.81. The molecular weight excluding hydrogens is 220 g/mol. The molecule has 0 bridgehead atoms. The Morgan fingerprint density at radius 3 is 2.82 bits per heavy atom. The van der Waals surface area contributed by atoms with Gasteiger partial charge >= 0.3 is 0 Å². The maximum absolute atomic E-state index is 11.0. The number of aldehydes is 1. The van der Waals surface area contributed by atoms with Crippen molar-refractivity contribution in [2.75, 3.05) is 7.11 Å². The Bertz CT molecular complexity index is 402. The molecule has 1 fully saturated rings. The first-order valence-corrected chi connectivity index (χ1v) is 5.73. The predicted molar refractivity (Wildman–Crippen MR) is 62.7 cm³/mol. The molecule has 4 nitrogen and oxygen atoms in total. The number of carbonyl (C=O) groups excluding carboxylic acids is 1. The molecule has 1 aromatic carbocycles. The van der Waals surface area contributed by atoms with Crippen molar-refractivity contribution in [1.82, 2.24) is 0 Å². The van der Waals surface area contributed by atoms with Gasteiger partial charge in [0.15, 0.2) is 17.8 Å². The Labute approximate surface area is 100 Å². The summed E-state index contributed by atoms with van der Waals surface area (Å²) in [5.74, 6) is 0.949. The lowest BCUT2D eigenvalue weighted by molar-refractivity contribution is 0.0579. The molecule has 0 aromatic heterocycles. The minimum absolute atomic E-state index is 0.245. The number of benzene rings is 1. The van der Waals surface area contributed by atoms with Crippen LogP contribution in [0.4, 0.5) is 0 Å². The fraction of sp³-hybridized carbons (Fsp3) is 0.462. The highest BCUT2D eigenvalue weighted by Gasteiger charge is 2.28. The number of aliphatic hydroxyl groups excluding tert-OH is 1. The minimum atomic E-state index is -0.459. The zero-order valence-electron chi connectivity index (χ0n) is 9.76. The van der Waals surface area contributed by atoms with Gasteiger partial charge < -0.3 is 14.6 Å². The van der Waals surface area contributed by atoms with E-state index in [9.17, 15) is 9.90 Å². The van der Waals surface area contributed by atoms with Crippen LogP contribution in [-0.2, 0) is 0 Å². The van der Waals surface area contributed by atoms with Gasteiger partial charge in [-0.05, 0) is 31.4 Å². The number of aliphatic hydroxyl groups is 1. The lowest BCUT2D eigenvalue weighted by Gasteiger charge is -2.20. The number of para-hydroxylation sites is 1. The number of methoxy groups -OCH3 is 1. The van der Waals surface area contributed by atoms with Crippen molar-refractivity contribution in [3.63, 3.8) is 0 Å². The number of ether oxygens (including phenoxy) is 2. The van der Waals surface area contributed by atoms with E-state index in [0.29, 0.717) is 17.1 Å². The molecule has 0 aliphatic heterocycles. The molecule has 1 aliphatic carbocycles. The molecule has 1 aromatic rings. The molecular formula is C13H16O4. The smallest absolute Gasteiger partial charge is 0.172 e. The van der Waals surface area contributed by atoms with Gasteiger partial charge in [0.25, 0.3) is 0 Å². The summed E-state index contributed by atoms with van der Waals surface area (Å²) >= 11 is 0. The maximum atomic E-state index is 11.0. The quantitative estimate of drug-likeness (QED) is 0.810. The van der Waals surface area contributed by atoms with E-state index < -0.39 is 6.10 Å². The Morgan fingerprint density at radius 1 is 1.41 bits per heavy atom. The summed E-state index contributed by atoms with van der Waals surface area (Å²) in [5, 5.41) is 9.72. The zero-order valence-corrected chi connectivity index (χ0v) is 9.76. The zero-order chi connectivity index (χ0) is 12.3. The van der Waals surface area contributed by atoms with Crippen LogP contribution >= 0.6 is 0 Å². The summed E-state index contributed by atoms with van der Waals surface area (Å²) in [6.07, 6.45) is 2.52. The monoisotopic (exact) mass is 236 g/mol. The molecule has 0 spiro atoms. The standard InChI is InChI=1S/C13H16O4/c1-16-12-7-2-4-9(8-14)13(12)17-11-6-3-5-10(11)15/h2,4,7-8,10-11,15H,3,5-6H2,1H3. The van der Waals surface area contributed by atoms with E-state index in [1.807, 2.05) is 0 Å². The van der Waals surface area contributed by atoms with E-state index in [2.05, 4.69) is 0 Å². The average Bonchev–Trinajstić information content (AvgIpc) is 2.75. The van der Waals surface area contributed by atoms with E-state index in [4.69, 9.17) is 9.47 Å². The van der Waals surface area contributed by atoms with Crippen molar-refractivity contribution in [3.05, 3.63) is 23.8 Å². The largest absolute Gasteiger partial charge is 0.493 e. The van der Waals surface area contributed by atoms with Crippen LogP contribution in [0.1, 0.15) is 29.6 Å². The molecule has 0 heterocycles. The Morgan fingerprint density at radius 2 is 2.24 bits per heavy atom. The minimum Gasteiger partial charge on any atom is -0.493 e. The van der Waals surface area contributed by atoms with E-state index in [0.717, 1.165) is 25.5 Å². The molecule has 2 atom stereocenters. The lowest BCUT2D eigenvalue weighted by atomic mass is 10.2. The second-order valence-electron chi connectivity index (χ2n) is 4.15. The van der Waals surface area contributed by atoms with Crippen molar-refractivity contribution in [2.45, 2.75) is 31.5 Å². The molecule has 0 amide bonds. The fourth-order valence-corrected chi connectivity index (χ4v) is 2.11. The van der Waals surface area contributed by atoms with Crippen LogP contribution < -0.4 is 9.47 Å². The Hall–Kier alpha value is -1.55. The lowest BCUT2D eigenvalue weighted by Crippen LogP contribution is -2.26. The van der Waals surface area contributed by atoms with Gasteiger partial charge in [-0.2, -0.15) is 0 Å². The molecule has 92 valence electrons. The molecule has 0 radical (unpaired) electrons. The van der Waals surface area contributed by atoms with Crippen molar-refractivity contribution in [3.8, 4) is 11.5 Å². The molecule has 2 rings (SSSR count). The van der Waals surface area contributed by atoms with Crippen molar-refractivity contribution in [1.29, 1.82) is 0 Å². The van der Waals surface area contributed by atoms with Crippen molar-refractivity contribution in [2.24, 2.45) is 0 Å². The second kappa shape index (κ2) is 5.19. The average molecular weight is 236 g/mol. The third-order valence-corrected chi connectivity index (χ3v) is 3.04. The highest BCUT2D eigenvalue weighted by atomic mass is 16.5. The Kier molecular flexibility index (Phi) is 3.64. The van der Waals surface area contributed by atoms with Crippen molar-refractivity contribution >= 4 is 6.29 Å². The molecule has 17 heavy (non-hydrogen) atoms. The van der Waals surface area contributed by atoms with Crippen LogP contribution in [0.3, 0.4) is 0 Å². The van der Waals surface area contributed by atoms with Gasteiger partial charge in [0.1, 0.15) is 6.10 Å². The van der Waals surface area contributed by atoms with Crippen molar-refractivity contribution < 1.29 is 19.4 Å². The molecule has 1 aliphatic rings. The van der Waals surface area contributed by atoms with Gasteiger partial charge in [-0.1, -0.05) is 6.07 Å². The second-order valence-corrected chi connectivity index (χ2v) is 4.15. The summed E-state index contributed by atoms with van der Waals surface area (Å²) < 4.78 is 10.9. The van der Waals surface area contributed by atoms with Gasteiger partial charge in [-0.3, -0.25) is 4.79 Å². The Balaban J connectivity index is 2.26. The number of hydrogen-bond donors (Lipinski definition) is 1. The summed E-state index contributed by atoms with van der Waals surface area (Å²) in [5.41, 5.74) is 0.448. The number of rotatable bonds is 4. The maximum Gasteiger partial charge on any atom is 0.172 e. The van der Waals surface area contributed by atoms with Crippen LogP contribution in [0.15, 0.2) is 18.2 Å². The molecule has 1 saturated carbocycles. The first kappa shape index (κ1) is 11.9. The van der Waals surface area contributed by atoms with E-state index >= 15 is 0 Å². The predicted octanol–water partition coefficient (Wildman–Crippen LogP) is 1.80. The van der Waals surface area contributed by atoms with Gasteiger partial charge in [0, 0.05) is 0 Å². The van der Waals surface area contributed by atoms with Crippen LogP contribution in [0.2, 0.25) is 0 Å². The molecule has 1 N–H and O–H groups in total. The van der Waals surface area contributed by atoms with Crippen LogP contribution in [0.5, 0.6) is 11.5 Å². The van der Waals surface area contributed by atoms with E-state index in [1.165, 1.54) is 7.11 Å². The SMILES string of the molecule is COc1cccc(C=O)c1OC1CCCC1O. The van der Waals surface area contributed by atoms with Gasteiger partial charge in [0.2, 0.25) is 0 Å². The van der Waals surface area contributed by atoms with E-state index in [1.54, 1.807) is 18.2 Å². The number of hydrogen-bond acceptors (Lipinski definition) is 4. The van der Waals surface area contributed by atoms with Crippen LogP contribution in [0, 0.1) is 0 Å². The fourth-order valence-electron chi connectivity index (χ4n) is 2.11.